The molecule has 1 heterocycles. The van der Waals surface area contributed by atoms with E-state index >= 15 is 0 Å². The summed E-state index contributed by atoms with van der Waals surface area (Å²) in [6, 6.07) is 11.4. The summed E-state index contributed by atoms with van der Waals surface area (Å²) in [6.45, 7) is 1.92. The van der Waals surface area contributed by atoms with Crippen LogP contribution in [0.1, 0.15) is 34.5 Å². The maximum absolute atomic E-state index is 12.7. The van der Waals surface area contributed by atoms with E-state index in [1.807, 2.05) is 43.3 Å². The van der Waals surface area contributed by atoms with Crippen LogP contribution in [0.2, 0.25) is 0 Å². The van der Waals surface area contributed by atoms with E-state index in [1.54, 1.807) is 6.20 Å². The van der Waals surface area contributed by atoms with Crippen molar-refractivity contribution in [1.29, 1.82) is 0 Å². The highest BCUT2D eigenvalue weighted by molar-refractivity contribution is 6.06. The lowest BCUT2D eigenvalue weighted by atomic mass is 9.88. The third-order valence-corrected chi connectivity index (χ3v) is 3.82. The van der Waals surface area contributed by atoms with Crippen LogP contribution < -0.4 is 5.73 Å². The first-order chi connectivity index (χ1) is 9.12. The Morgan fingerprint density at radius 3 is 2.37 bits per heavy atom. The second-order valence-corrected chi connectivity index (χ2v) is 5.22. The SMILES string of the molecule is Cc1ccc(C(=O)C2(c3ccc(N)cc3)CC2)cn1. The number of carbonyl (C=O) groups is 1. The summed E-state index contributed by atoms with van der Waals surface area (Å²) < 4.78 is 0. The monoisotopic (exact) mass is 252 g/mol. The lowest BCUT2D eigenvalue weighted by molar-refractivity contribution is 0.0945. The fourth-order valence-electron chi connectivity index (χ4n) is 2.45. The van der Waals surface area contributed by atoms with Gasteiger partial charge in [-0.15, -0.1) is 0 Å². The second kappa shape index (κ2) is 4.19. The molecular formula is C16H16N2O. The van der Waals surface area contributed by atoms with Gasteiger partial charge in [-0.2, -0.15) is 0 Å². The molecule has 3 nitrogen and oxygen atoms in total. The third kappa shape index (κ3) is 2.01. The molecule has 96 valence electrons. The van der Waals surface area contributed by atoms with E-state index in [0.717, 1.165) is 29.8 Å². The molecule has 1 aliphatic carbocycles. The molecule has 0 bridgehead atoms. The number of ketones is 1. The van der Waals surface area contributed by atoms with Gasteiger partial charge in [-0.1, -0.05) is 12.1 Å². The van der Waals surface area contributed by atoms with Crippen LogP contribution in [0, 0.1) is 6.92 Å². The standard InChI is InChI=1S/C16H16N2O/c1-11-2-3-12(10-18-11)15(19)16(8-9-16)13-4-6-14(17)7-5-13/h2-7,10H,8-9,17H2,1H3. The number of pyridine rings is 1. The highest BCUT2D eigenvalue weighted by atomic mass is 16.1. The number of nitrogen functional groups attached to an aromatic ring is 1. The Balaban J connectivity index is 1.94. The molecule has 2 N–H and O–H groups in total. The molecule has 19 heavy (non-hydrogen) atoms. The van der Waals surface area contributed by atoms with E-state index in [9.17, 15) is 4.79 Å². The fraction of sp³-hybridized carbons (Fsp3) is 0.250. The van der Waals surface area contributed by atoms with Gasteiger partial charge in [0, 0.05) is 23.1 Å². The molecule has 0 radical (unpaired) electrons. The van der Waals surface area contributed by atoms with Crippen LogP contribution in [0.25, 0.3) is 0 Å². The van der Waals surface area contributed by atoms with E-state index in [4.69, 9.17) is 5.73 Å². The molecule has 1 saturated carbocycles. The van der Waals surface area contributed by atoms with Gasteiger partial charge in [0.2, 0.25) is 0 Å². The molecule has 0 aliphatic heterocycles. The Bertz CT molecular complexity index is 610. The number of hydrogen-bond acceptors (Lipinski definition) is 3. The zero-order valence-corrected chi connectivity index (χ0v) is 10.9. The Labute approximate surface area is 112 Å². The van der Waals surface area contributed by atoms with Crippen LogP contribution in [-0.2, 0) is 5.41 Å². The summed E-state index contributed by atoms with van der Waals surface area (Å²) in [5.41, 5.74) is 8.76. The minimum absolute atomic E-state index is 0.171. The van der Waals surface area contributed by atoms with Gasteiger partial charge in [0.05, 0.1) is 5.41 Å². The summed E-state index contributed by atoms with van der Waals surface area (Å²) in [5, 5.41) is 0. The van der Waals surface area contributed by atoms with Crippen LogP contribution in [0.15, 0.2) is 42.6 Å². The Kier molecular flexibility index (Phi) is 2.63. The second-order valence-electron chi connectivity index (χ2n) is 5.22. The van der Waals surface area contributed by atoms with E-state index in [1.165, 1.54) is 0 Å². The van der Waals surface area contributed by atoms with Crippen molar-refractivity contribution < 1.29 is 4.79 Å². The quantitative estimate of drug-likeness (QED) is 0.675. The first-order valence-electron chi connectivity index (χ1n) is 6.45. The predicted molar refractivity (Wildman–Crippen MR) is 75.1 cm³/mol. The van der Waals surface area contributed by atoms with Gasteiger partial charge in [0.15, 0.2) is 5.78 Å². The number of aryl methyl sites for hydroxylation is 1. The largest absolute Gasteiger partial charge is 0.399 e. The molecule has 0 spiro atoms. The minimum Gasteiger partial charge on any atom is -0.399 e. The lowest BCUT2D eigenvalue weighted by Gasteiger charge is -2.14. The Morgan fingerprint density at radius 2 is 1.84 bits per heavy atom. The van der Waals surface area contributed by atoms with Crippen LogP contribution >= 0.6 is 0 Å². The molecular weight excluding hydrogens is 236 g/mol. The van der Waals surface area contributed by atoms with Gasteiger partial charge in [0.25, 0.3) is 0 Å². The molecule has 3 rings (SSSR count). The third-order valence-electron chi connectivity index (χ3n) is 3.82. The number of Topliss-reactive ketones (excluding diaryl/α,β-unsaturated/α-hetero) is 1. The van der Waals surface area contributed by atoms with Crippen molar-refractivity contribution in [1.82, 2.24) is 4.98 Å². The summed E-state index contributed by atoms with van der Waals surface area (Å²) in [7, 11) is 0. The Hall–Kier alpha value is -2.16. The molecule has 0 saturated heterocycles. The molecule has 1 aromatic carbocycles. The maximum atomic E-state index is 12.7. The first kappa shape index (κ1) is 11.9. The average molecular weight is 252 g/mol. The smallest absolute Gasteiger partial charge is 0.174 e. The van der Waals surface area contributed by atoms with Crippen LogP contribution in [0.5, 0.6) is 0 Å². The van der Waals surface area contributed by atoms with Crippen molar-refractivity contribution in [2.45, 2.75) is 25.2 Å². The van der Waals surface area contributed by atoms with Crippen LogP contribution in [-0.4, -0.2) is 10.8 Å². The lowest BCUT2D eigenvalue weighted by Crippen LogP contribution is -2.20. The number of rotatable bonds is 3. The normalized spacial score (nSPS) is 16.1. The Morgan fingerprint density at radius 1 is 1.16 bits per heavy atom. The highest BCUT2D eigenvalue weighted by Gasteiger charge is 2.51. The molecule has 1 aromatic heterocycles. The van der Waals surface area contributed by atoms with Crippen LogP contribution in [0.3, 0.4) is 0 Å². The first-order valence-corrected chi connectivity index (χ1v) is 6.45. The number of nitrogens with two attached hydrogens (primary N) is 1. The van der Waals surface area contributed by atoms with Crippen molar-refractivity contribution in [3.05, 3.63) is 59.4 Å². The minimum atomic E-state index is -0.343. The molecule has 0 atom stereocenters. The average Bonchev–Trinajstić information content (AvgIpc) is 3.21. The predicted octanol–water partition coefficient (Wildman–Crippen LogP) is 2.89. The van der Waals surface area contributed by atoms with Gasteiger partial charge in [-0.05, 0) is 49.6 Å². The van der Waals surface area contributed by atoms with Crippen LogP contribution in [0.4, 0.5) is 5.69 Å². The summed E-state index contributed by atoms with van der Waals surface area (Å²) in [6.07, 6.45) is 3.49. The number of aromatic nitrogens is 1. The molecule has 2 aromatic rings. The van der Waals surface area contributed by atoms with Crippen molar-refractivity contribution in [3.63, 3.8) is 0 Å². The van der Waals surface area contributed by atoms with Crippen molar-refractivity contribution >= 4 is 11.5 Å². The van der Waals surface area contributed by atoms with Gasteiger partial charge in [-0.25, -0.2) is 0 Å². The van der Waals surface area contributed by atoms with E-state index < -0.39 is 0 Å². The zero-order chi connectivity index (χ0) is 13.5. The molecule has 1 aliphatic rings. The summed E-state index contributed by atoms with van der Waals surface area (Å²) in [4.78, 5) is 16.9. The van der Waals surface area contributed by atoms with Crippen molar-refractivity contribution in [2.24, 2.45) is 0 Å². The number of carbonyl (C=O) groups excluding carboxylic acids is 1. The number of nitrogens with zero attached hydrogens (tertiary/aromatic N) is 1. The molecule has 0 amide bonds. The fourth-order valence-corrected chi connectivity index (χ4v) is 2.45. The van der Waals surface area contributed by atoms with Gasteiger partial charge in [-0.3, -0.25) is 9.78 Å². The van der Waals surface area contributed by atoms with E-state index in [0.29, 0.717) is 5.56 Å². The van der Waals surface area contributed by atoms with E-state index in [-0.39, 0.29) is 11.2 Å². The molecule has 3 heteroatoms. The zero-order valence-electron chi connectivity index (χ0n) is 10.9. The number of anilines is 1. The van der Waals surface area contributed by atoms with Crippen molar-refractivity contribution in [2.75, 3.05) is 5.73 Å². The van der Waals surface area contributed by atoms with Gasteiger partial charge in [0.1, 0.15) is 0 Å². The summed E-state index contributed by atoms with van der Waals surface area (Å²) >= 11 is 0. The van der Waals surface area contributed by atoms with Crippen molar-refractivity contribution in [3.8, 4) is 0 Å². The maximum Gasteiger partial charge on any atom is 0.174 e. The van der Waals surface area contributed by atoms with Gasteiger partial charge >= 0.3 is 0 Å². The number of benzene rings is 1. The molecule has 1 fully saturated rings. The topological polar surface area (TPSA) is 56.0 Å². The van der Waals surface area contributed by atoms with Gasteiger partial charge < -0.3 is 5.73 Å². The highest BCUT2D eigenvalue weighted by Crippen LogP contribution is 2.50. The summed E-state index contributed by atoms with van der Waals surface area (Å²) in [5.74, 6) is 0.171. The molecule has 0 unspecified atom stereocenters. The number of hydrogen-bond donors (Lipinski definition) is 1. The van der Waals surface area contributed by atoms with E-state index in [2.05, 4.69) is 4.98 Å².